The number of alkyl halides is 1. The minimum absolute atomic E-state index is 0.0856. The maximum Gasteiger partial charge on any atom is 0.333 e. The van der Waals surface area contributed by atoms with E-state index in [2.05, 4.69) is 15.9 Å². The Hall–Kier alpha value is -0.0900. The van der Waals surface area contributed by atoms with Crippen molar-refractivity contribution in [2.75, 3.05) is 5.33 Å². The highest BCUT2D eigenvalue weighted by Gasteiger charge is 2.08. The second-order valence-electron chi connectivity index (χ2n) is 1.01. The van der Waals surface area contributed by atoms with E-state index in [0.717, 1.165) is 0 Å². The number of carbonyl (C=O) groups is 1. The van der Waals surface area contributed by atoms with Crippen molar-refractivity contribution in [1.82, 2.24) is 0 Å². The highest BCUT2D eigenvalue weighted by molar-refractivity contribution is 9.09. The van der Waals surface area contributed by atoms with Gasteiger partial charge in [-0.1, -0.05) is 15.9 Å². The molecule has 0 unspecified atom stereocenters. The van der Waals surface area contributed by atoms with Gasteiger partial charge >= 0.3 is 5.97 Å². The van der Waals surface area contributed by atoms with E-state index < -0.39 is 12.1 Å². The highest BCUT2D eigenvalue weighted by atomic mass is 79.9. The van der Waals surface area contributed by atoms with Gasteiger partial charge in [0.2, 0.25) is 0 Å². The number of aliphatic carboxylic acids is 1. The van der Waals surface area contributed by atoms with Gasteiger partial charge < -0.3 is 10.2 Å². The summed E-state index contributed by atoms with van der Waals surface area (Å²) in [6.07, 6.45) is -1.26. The molecule has 3 nitrogen and oxygen atoms in total. The van der Waals surface area contributed by atoms with Gasteiger partial charge in [-0.2, -0.15) is 0 Å². The van der Waals surface area contributed by atoms with Gasteiger partial charge in [-0.15, -0.1) is 0 Å². The molecule has 0 rings (SSSR count). The molecule has 0 bridgehead atoms. The summed E-state index contributed by atoms with van der Waals surface area (Å²) in [6.45, 7) is 0. The van der Waals surface area contributed by atoms with Crippen LogP contribution in [0.25, 0.3) is 0 Å². The number of hydrogen-bond donors (Lipinski definition) is 2. The fraction of sp³-hybridized carbons (Fsp3) is 0.667. The van der Waals surface area contributed by atoms with Crippen molar-refractivity contribution in [1.29, 1.82) is 0 Å². The number of rotatable bonds is 2. The zero-order chi connectivity index (χ0) is 5.86. The smallest absolute Gasteiger partial charge is 0.333 e. The van der Waals surface area contributed by atoms with Crippen LogP contribution in [0, 0.1) is 0 Å². The lowest BCUT2D eigenvalue weighted by molar-refractivity contribution is -0.145. The van der Waals surface area contributed by atoms with Gasteiger partial charge in [0.05, 0.1) is 0 Å². The lowest BCUT2D eigenvalue weighted by Gasteiger charge is -1.94. The van der Waals surface area contributed by atoms with Gasteiger partial charge in [0, 0.05) is 5.33 Å². The first kappa shape index (κ1) is 6.91. The van der Waals surface area contributed by atoms with Crippen molar-refractivity contribution in [3.63, 3.8) is 0 Å². The fourth-order valence-electron chi connectivity index (χ4n) is 0.0660. The van der Waals surface area contributed by atoms with Crippen molar-refractivity contribution >= 4 is 21.9 Å². The number of hydrogen-bond acceptors (Lipinski definition) is 2. The standard InChI is InChI=1S/C3H5BrO3/c4-1-2(5)3(6)7/h2,5H,1H2,(H,6,7)/t2-/m1/s1. The van der Waals surface area contributed by atoms with E-state index in [1.165, 1.54) is 0 Å². The Morgan fingerprint density at radius 2 is 2.29 bits per heavy atom. The minimum Gasteiger partial charge on any atom is -0.479 e. The summed E-state index contributed by atoms with van der Waals surface area (Å²) in [5, 5.41) is 16.3. The number of halogens is 1. The monoisotopic (exact) mass is 168 g/mol. The lowest BCUT2D eigenvalue weighted by Crippen LogP contribution is -2.20. The summed E-state index contributed by atoms with van der Waals surface area (Å²) in [5.74, 6) is -1.20. The van der Waals surface area contributed by atoms with E-state index in [1.807, 2.05) is 0 Å². The fourth-order valence-corrected chi connectivity index (χ4v) is 0.343. The first-order valence-corrected chi connectivity index (χ1v) is 2.77. The molecule has 42 valence electrons. The SMILES string of the molecule is O=C(O)[C@H](O)CBr. The molecule has 0 amide bonds. The molecule has 7 heavy (non-hydrogen) atoms. The second kappa shape index (κ2) is 2.98. The summed E-state index contributed by atoms with van der Waals surface area (Å²) in [5.41, 5.74) is 0. The predicted octanol–water partition coefficient (Wildman–Crippen LogP) is -0.173. The van der Waals surface area contributed by atoms with E-state index in [9.17, 15) is 4.79 Å². The van der Waals surface area contributed by atoms with E-state index in [-0.39, 0.29) is 5.33 Å². The van der Waals surface area contributed by atoms with Gasteiger partial charge in [0.1, 0.15) is 0 Å². The topological polar surface area (TPSA) is 57.5 Å². The first-order valence-electron chi connectivity index (χ1n) is 1.65. The molecule has 0 saturated heterocycles. The maximum atomic E-state index is 9.65. The molecule has 0 spiro atoms. The van der Waals surface area contributed by atoms with Crippen LogP contribution in [-0.4, -0.2) is 27.6 Å². The van der Waals surface area contributed by atoms with Gasteiger partial charge in [-0.05, 0) is 0 Å². The van der Waals surface area contributed by atoms with Gasteiger partial charge in [0.15, 0.2) is 6.10 Å². The van der Waals surface area contributed by atoms with Crippen LogP contribution in [0.15, 0.2) is 0 Å². The number of carboxylic acid groups (broad SMARTS) is 1. The molecule has 1 atom stereocenters. The van der Waals surface area contributed by atoms with Crippen molar-refractivity contribution in [2.24, 2.45) is 0 Å². The molecule has 0 aromatic heterocycles. The summed E-state index contributed by atoms with van der Waals surface area (Å²) in [7, 11) is 0. The van der Waals surface area contributed by atoms with Crippen LogP contribution in [0.5, 0.6) is 0 Å². The Kier molecular flexibility index (Phi) is 2.95. The van der Waals surface area contributed by atoms with Crippen LogP contribution in [0.4, 0.5) is 0 Å². The molecule has 4 heteroatoms. The quantitative estimate of drug-likeness (QED) is 0.564. The van der Waals surface area contributed by atoms with Crippen LogP contribution in [0.3, 0.4) is 0 Å². The highest BCUT2D eigenvalue weighted by Crippen LogP contribution is 1.87. The molecule has 0 radical (unpaired) electrons. The van der Waals surface area contributed by atoms with Crippen molar-refractivity contribution in [3.8, 4) is 0 Å². The average molecular weight is 169 g/mol. The lowest BCUT2D eigenvalue weighted by atomic mass is 10.4. The normalized spacial score (nSPS) is 13.4. The van der Waals surface area contributed by atoms with Crippen LogP contribution in [-0.2, 0) is 4.79 Å². The third-order valence-electron chi connectivity index (χ3n) is 0.431. The second-order valence-corrected chi connectivity index (χ2v) is 1.66. The van der Waals surface area contributed by atoms with Crippen LogP contribution < -0.4 is 0 Å². The van der Waals surface area contributed by atoms with Crippen molar-refractivity contribution in [2.45, 2.75) is 6.10 Å². The number of aliphatic hydroxyl groups is 1. The van der Waals surface area contributed by atoms with Gasteiger partial charge in [-0.3, -0.25) is 0 Å². The maximum absolute atomic E-state index is 9.65. The molecule has 0 aliphatic carbocycles. The third kappa shape index (κ3) is 2.59. The Bertz CT molecular complexity index is 72.6. The third-order valence-corrected chi connectivity index (χ3v) is 1.04. The number of carboxylic acids is 1. The molecule has 2 N–H and O–H groups in total. The molecule has 0 aromatic carbocycles. The summed E-state index contributed by atoms with van der Waals surface area (Å²) in [4.78, 5) is 9.65. The molecule has 0 aliphatic heterocycles. The van der Waals surface area contributed by atoms with Crippen molar-refractivity contribution < 1.29 is 15.0 Å². The average Bonchev–Trinajstić information content (AvgIpc) is 1.65. The first-order chi connectivity index (χ1) is 3.18. The molecular formula is C3H5BrO3. The zero-order valence-corrected chi connectivity index (χ0v) is 5.05. The van der Waals surface area contributed by atoms with Crippen LogP contribution in [0.2, 0.25) is 0 Å². The van der Waals surface area contributed by atoms with Crippen LogP contribution in [0.1, 0.15) is 0 Å². The summed E-state index contributed by atoms with van der Waals surface area (Å²) >= 11 is 2.78. The molecule has 0 heterocycles. The van der Waals surface area contributed by atoms with Gasteiger partial charge in [0.25, 0.3) is 0 Å². The Labute approximate surface area is 49.1 Å². The zero-order valence-electron chi connectivity index (χ0n) is 3.47. The molecular weight excluding hydrogens is 164 g/mol. The molecule has 0 saturated carbocycles. The molecule has 0 fully saturated rings. The van der Waals surface area contributed by atoms with E-state index in [4.69, 9.17) is 10.2 Å². The molecule has 0 aliphatic rings. The molecule has 0 aromatic rings. The van der Waals surface area contributed by atoms with E-state index in [0.29, 0.717) is 0 Å². The van der Waals surface area contributed by atoms with Crippen molar-refractivity contribution in [3.05, 3.63) is 0 Å². The minimum atomic E-state index is -1.26. The van der Waals surface area contributed by atoms with E-state index >= 15 is 0 Å². The largest absolute Gasteiger partial charge is 0.479 e. The Balaban J connectivity index is 3.34. The Morgan fingerprint density at radius 3 is 2.29 bits per heavy atom. The predicted molar refractivity (Wildman–Crippen MR) is 27.4 cm³/mol. The van der Waals surface area contributed by atoms with Crippen LogP contribution >= 0.6 is 15.9 Å². The Morgan fingerprint density at radius 1 is 1.86 bits per heavy atom. The summed E-state index contributed by atoms with van der Waals surface area (Å²) < 4.78 is 0. The number of aliphatic hydroxyl groups excluding tert-OH is 1. The van der Waals surface area contributed by atoms with E-state index in [1.54, 1.807) is 0 Å². The summed E-state index contributed by atoms with van der Waals surface area (Å²) in [6, 6.07) is 0. The van der Waals surface area contributed by atoms with Gasteiger partial charge in [-0.25, -0.2) is 4.79 Å².